The maximum atomic E-state index is 13.9. The van der Waals surface area contributed by atoms with Gasteiger partial charge in [-0.15, -0.1) is 0 Å². The lowest BCUT2D eigenvalue weighted by atomic mass is 10.1. The number of halogens is 2. The summed E-state index contributed by atoms with van der Waals surface area (Å²) in [5.41, 5.74) is 1.45. The lowest BCUT2D eigenvalue weighted by molar-refractivity contribution is 0.101. The zero-order valence-electron chi connectivity index (χ0n) is 14.3. The summed E-state index contributed by atoms with van der Waals surface area (Å²) < 4.78 is 33.2. The number of carbonyl (C=O) groups is 1. The summed E-state index contributed by atoms with van der Waals surface area (Å²) in [5, 5.41) is 9.69. The minimum Gasteiger partial charge on any atom is -0.496 e. The van der Waals surface area contributed by atoms with Crippen LogP contribution in [0.5, 0.6) is 5.75 Å². The largest absolute Gasteiger partial charge is 0.496 e. The van der Waals surface area contributed by atoms with E-state index < -0.39 is 23.1 Å². The number of ether oxygens (including phenoxy) is 1. The second-order valence-electron chi connectivity index (χ2n) is 5.53. The normalized spacial score (nSPS) is 10.6. The van der Waals surface area contributed by atoms with E-state index in [2.05, 4.69) is 15.5 Å². The van der Waals surface area contributed by atoms with Crippen LogP contribution in [0.3, 0.4) is 0 Å². The van der Waals surface area contributed by atoms with Crippen molar-refractivity contribution in [2.45, 2.75) is 13.3 Å². The number of aromatic nitrogens is 2. The molecule has 0 aliphatic rings. The Morgan fingerprint density at radius 1 is 1.15 bits per heavy atom. The number of nitrogens with zero attached hydrogens (tertiary/aromatic N) is 1. The minimum absolute atomic E-state index is 0.365. The van der Waals surface area contributed by atoms with Crippen molar-refractivity contribution in [2.75, 3.05) is 12.4 Å². The molecule has 0 spiro atoms. The molecule has 0 saturated carbocycles. The van der Waals surface area contributed by atoms with Gasteiger partial charge in [0.15, 0.2) is 0 Å². The van der Waals surface area contributed by atoms with Crippen LogP contribution in [-0.2, 0) is 6.42 Å². The SMILES string of the molecule is CCc1[nH]nc(-c2ccccc2OC)c1NC(=O)c1c(F)cccc1F. The number of amides is 1. The van der Waals surface area contributed by atoms with Gasteiger partial charge in [-0.1, -0.05) is 25.1 Å². The van der Waals surface area contributed by atoms with Gasteiger partial charge in [-0.25, -0.2) is 8.78 Å². The van der Waals surface area contributed by atoms with E-state index in [1.807, 2.05) is 13.0 Å². The molecule has 0 bridgehead atoms. The molecule has 2 aromatic carbocycles. The second kappa shape index (κ2) is 7.35. The maximum absolute atomic E-state index is 13.9. The fourth-order valence-electron chi connectivity index (χ4n) is 2.69. The van der Waals surface area contributed by atoms with Crippen molar-refractivity contribution in [3.8, 4) is 17.0 Å². The van der Waals surface area contributed by atoms with Crippen LogP contribution in [0.15, 0.2) is 42.5 Å². The quantitative estimate of drug-likeness (QED) is 0.720. The van der Waals surface area contributed by atoms with Gasteiger partial charge in [-0.2, -0.15) is 5.10 Å². The number of para-hydroxylation sites is 1. The van der Waals surface area contributed by atoms with Crippen LogP contribution in [0.25, 0.3) is 11.3 Å². The maximum Gasteiger partial charge on any atom is 0.261 e. The number of aromatic amines is 1. The smallest absolute Gasteiger partial charge is 0.261 e. The Morgan fingerprint density at radius 3 is 2.50 bits per heavy atom. The molecule has 0 fully saturated rings. The first kappa shape index (κ1) is 17.6. The molecule has 0 atom stereocenters. The van der Waals surface area contributed by atoms with Gasteiger partial charge in [0.05, 0.1) is 18.5 Å². The van der Waals surface area contributed by atoms with Gasteiger partial charge in [0.1, 0.15) is 28.6 Å². The number of aryl methyl sites for hydroxylation is 1. The van der Waals surface area contributed by atoms with Gasteiger partial charge >= 0.3 is 0 Å². The molecule has 2 N–H and O–H groups in total. The first-order valence-electron chi connectivity index (χ1n) is 8.02. The molecule has 0 aliphatic carbocycles. The Labute approximate surface area is 149 Å². The number of rotatable bonds is 5. The molecule has 134 valence electrons. The molecule has 3 aromatic rings. The van der Waals surface area contributed by atoms with Crippen LogP contribution in [0.1, 0.15) is 23.0 Å². The summed E-state index contributed by atoms with van der Waals surface area (Å²) in [6, 6.07) is 10.4. The molecular formula is C19H17F2N3O2. The number of methoxy groups -OCH3 is 1. The molecule has 3 rings (SSSR count). The Morgan fingerprint density at radius 2 is 1.85 bits per heavy atom. The highest BCUT2D eigenvalue weighted by atomic mass is 19.1. The van der Waals surface area contributed by atoms with Crippen LogP contribution >= 0.6 is 0 Å². The van der Waals surface area contributed by atoms with Gasteiger partial charge in [-0.3, -0.25) is 9.89 Å². The zero-order chi connectivity index (χ0) is 18.7. The average Bonchev–Trinajstić information content (AvgIpc) is 3.03. The second-order valence-corrected chi connectivity index (χ2v) is 5.53. The summed E-state index contributed by atoms with van der Waals surface area (Å²) in [7, 11) is 1.53. The van der Waals surface area contributed by atoms with Gasteiger partial charge in [0.2, 0.25) is 0 Å². The summed E-state index contributed by atoms with van der Waals surface area (Å²) in [4.78, 5) is 12.5. The minimum atomic E-state index is -0.928. The van der Waals surface area contributed by atoms with Crippen molar-refractivity contribution < 1.29 is 18.3 Å². The van der Waals surface area contributed by atoms with Gasteiger partial charge in [0, 0.05) is 5.56 Å². The lowest BCUT2D eigenvalue weighted by Gasteiger charge is -2.11. The monoisotopic (exact) mass is 357 g/mol. The summed E-state index contributed by atoms with van der Waals surface area (Å²) in [6.45, 7) is 1.87. The van der Waals surface area contributed by atoms with Crippen LogP contribution in [0.4, 0.5) is 14.5 Å². The molecule has 5 nitrogen and oxygen atoms in total. The number of hydrogen-bond donors (Lipinski definition) is 2. The average molecular weight is 357 g/mol. The summed E-state index contributed by atoms with van der Waals surface area (Å²) in [5.74, 6) is -2.17. The first-order valence-corrected chi connectivity index (χ1v) is 8.02. The molecular weight excluding hydrogens is 340 g/mol. The van der Waals surface area contributed by atoms with Crippen molar-refractivity contribution in [3.63, 3.8) is 0 Å². The first-order chi connectivity index (χ1) is 12.6. The van der Waals surface area contributed by atoms with Gasteiger partial charge in [0.25, 0.3) is 5.91 Å². The van der Waals surface area contributed by atoms with E-state index in [9.17, 15) is 13.6 Å². The fourth-order valence-corrected chi connectivity index (χ4v) is 2.69. The molecule has 0 unspecified atom stereocenters. The third kappa shape index (κ3) is 3.15. The topological polar surface area (TPSA) is 67.0 Å². The van der Waals surface area contributed by atoms with Crippen molar-refractivity contribution in [1.82, 2.24) is 10.2 Å². The number of H-pyrrole nitrogens is 1. The highest BCUT2D eigenvalue weighted by Gasteiger charge is 2.23. The number of benzene rings is 2. The van der Waals surface area contributed by atoms with Crippen molar-refractivity contribution in [3.05, 3.63) is 65.4 Å². The summed E-state index contributed by atoms with van der Waals surface area (Å²) in [6.07, 6.45) is 0.539. The van der Waals surface area contributed by atoms with Crippen molar-refractivity contribution >= 4 is 11.6 Å². The molecule has 1 amide bonds. The van der Waals surface area contributed by atoms with E-state index in [4.69, 9.17) is 4.74 Å². The Balaban J connectivity index is 2.05. The van der Waals surface area contributed by atoms with Crippen molar-refractivity contribution in [2.24, 2.45) is 0 Å². The Kier molecular flexibility index (Phi) is 4.97. The van der Waals surface area contributed by atoms with E-state index >= 15 is 0 Å². The molecule has 7 heteroatoms. The molecule has 0 aliphatic heterocycles. The number of carbonyl (C=O) groups excluding carboxylic acids is 1. The number of anilines is 1. The predicted octanol–water partition coefficient (Wildman–Crippen LogP) is 4.18. The van der Waals surface area contributed by atoms with Crippen LogP contribution in [-0.4, -0.2) is 23.2 Å². The van der Waals surface area contributed by atoms with E-state index in [1.165, 1.54) is 13.2 Å². The van der Waals surface area contributed by atoms with Crippen LogP contribution < -0.4 is 10.1 Å². The molecule has 1 aromatic heterocycles. The van der Waals surface area contributed by atoms with E-state index in [-0.39, 0.29) is 0 Å². The fraction of sp³-hybridized carbons (Fsp3) is 0.158. The van der Waals surface area contributed by atoms with Crippen molar-refractivity contribution in [1.29, 1.82) is 0 Å². The summed E-state index contributed by atoms with van der Waals surface area (Å²) >= 11 is 0. The number of hydrogen-bond acceptors (Lipinski definition) is 3. The van der Waals surface area contributed by atoms with Crippen LogP contribution in [0.2, 0.25) is 0 Å². The number of nitrogens with one attached hydrogen (secondary N) is 2. The molecule has 1 heterocycles. The Bertz CT molecular complexity index is 933. The lowest BCUT2D eigenvalue weighted by Crippen LogP contribution is -2.17. The Hall–Kier alpha value is -3.22. The molecule has 26 heavy (non-hydrogen) atoms. The molecule has 0 saturated heterocycles. The highest BCUT2D eigenvalue weighted by Crippen LogP contribution is 2.35. The van der Waals surface area contributed by atoms with Crippen LogP contribution in [0, 0.1) is 11.6 Å². The zero-order valence-corrected chi connectivity index (χ0v) is 14.3. The molecule has 0 radical (unpaired) electrons. The standard InChI is InChI=1S/C19H17F2N3O2/c1-3-14-18(22-19(25)16-12(20)8-6-9-13(16)21)17(24-23-14)11-7-4-5-10-15(11)26-2/h4-10H,3H2,1-2H3,(H,22,25)(H,23,24). The van der Waals surface area contributed by atoms with E-state index in [0.717, 1.165) is 12.1 Å². The third-order valence-electron chi connectivity index (χ3n) is 3.99. The van der Waals surface area contributed by atoms with E-state index in [1.54, 1.807) is 18.2 Å². The highest BCUT2D eigenvalue weighted by molar-refractivity contribution is 6.07. The van der Waals surface area contributed by atoms with Gasteiger partial charge < -0.3 is 10.1 Å². The van der Waals surface area contributed by atoms with Gasteiger partial charge in [-0.05, 0) is 30.7 Å². The third-order valence-corrected chi connectivity index (χ3v) is 3.99. The predicted molar refractivity (Wildman–Crippen MR) is 94.3 cm³/mol. The van der Waals surface area contributed by atoms with E-state index in [0.29, 0.717) is 34.8 Å².